The molecule has 0 radical (unpaired) electrons. The van der Waals surface area contributed by atoms with Gasteiger partial charge in [-0.05, 0) is 145 Å². The van der Waals surface area contributed by atoms with Crippen LogP contribution in [-0.2, 0) is 62.3 Å². The number of nitrogens with zero attached hydrogens (tertiary/aromatic N) is 9. The number of amides is 12. The Balaban J connectivity index is 1.32. The molecule has 3 N–H and O–H groups in total. The van der Waals surface area contributed by atoms with Crippen LogP contribution < -0.4 is 16.0 Å². The van der Waals surface area contributed by atoms with Gasteiger partial charge >= 0.3 is 12.4 Å². The molecule has 25 nitrogen and oxygen atoms in total. The van der Waals surface area contributed by atoms with E-state index in [-0.39, 0.29) is 122 Å². The first kappa shape index (κ1) is 87.4. The lowest BCUT2D eigenvalue weighted by Gasteiger charge is -2.54. The Morgan fingerprint density at radius 3 is 1.86 bits per heavy atom. The van der Waals surface area contributed by atoms with Gasteiger partial charge in [-0.15, -0.1) is 11.6 Å². The molecule has 6 fully saturated rings. The highest BCUT2D eigenvalue weighted by molar-refractivity contribution is 6.21. The second-order valence-corrected chi connectivity index (χ2v) is 33.1. The lowest BCUT2D eigenvalue weighted by atomic mass is 9.58. The summed E-state index contributed by atoms with van der Waals surface area (Å²) in [6.07, 6.45) is -5.16. The molecule has 32 heteroatoms. The average Bonchev–Trinajstić information content (AvgIpc) is 1.57. The van der Waals surface area contributed by atoms with Crippen molar-refractivity contribution in [3.63, 3.8) is 0 Å². The molecule has 2 bridgehead atoms. The number of carbonyl (C=O) groups is 12. The molecular weight excluding hydrogens is 1430 g/mol. The van der Waals surface area contributed by atoms with Crippen LogP contribution in [0.5, 0.6) is 0 Å². The van der Waals surface area contributed by atoms with Gasteiger partial charge in [-0.2, -0.15) is 26.3 Å². The molecular formula is C75H117ClF6N12O13. The molecule has 0 aromatic rings. The molecule has 7 aliphatic rings. The fraction of sp³-hybridized carbons (Fsp3) is 0.813. The van der Waals surface area contributed by atoms with Gasteiger partial charge in [0.15, 0.2) is 0 Å². The Morgan fingerprint density at radius 1 is 0.664 bits per heavy atom. The number of rotatable bonds is 12. The van der Waals surface area contributed by atoms with Crippen molar-refractivity contribution < 1.29 is 88.6 Å². The van der Waals surface area contributed by atoms with Gasteiger partial charge in [0.25, 0.3) is 0 Å². The highest BCUT2D eigenvalue weighted by Crippen LogP contribution is 2.50. The standard InChI is InChI=1S/C75H117ClF6N12O13/c1-15-44(4)61-69(104)88(10)41-60(97)90(12)54-25-19-18-22-34-93(68(54)103)57(36-46-26-30-48(31-27-46)74(77,78)79)67(102)87(9)40-58(95)83-52(33-29-45-28-32-50(51(76)35-45)75(80,81)82)65(100)94-39-49(107-17-3)37-55(94)64(99)85-73(42-72(5,6)43-73)71(106)92(14)62(47-23-20-21-24-47)70(105)91(13)56(66(101)86(7)8)38-59(96)89(11)53(16-2)63(98)84-61/h18-19,44-57,61-62H,15-17,20-43H2,1-14H3,(H,83,95)(H,84,98)(H,85,99)/b19-18-/t44-,45?,46?,48?,49+,50?,51?,52-,53-,54-,55-,56-,57-,61-,62-/m0/s1. The van der Waals surface area contributed by atoms with E-state index in [2.05, 4.69) is 16.0 Å². The highest BCUT2D eigenvalue weighted by Gasteiger charge is 2.60. The first-order valence-electron chi connectivity index (χ1n) is 38.3. The molecule has 13 atom stereocenters. The molecule has 1 spiro atoms. The monoisotopic (exact) mass is 1540 g/mol. The number of ether oxygens (including phenoxy) is 1. The maximum Gasteiger partial charge on any atom is 0.393 e. The normalized spacial score (nSPS) is 31.9. The average molecular weight is 1540 g/mol. The molecule has 4 aliphatic carbocycles. The SMILES string of the molecule is CCO[C@@H]1C[C@H]2C(=O)NC3(CC(C)(C)C3)C(=O)N(C)[C@@H](C3CCCC3)C(=O)N(C)[C@H](C(=O)N(C)C)CC(=O)N(C)[C@@H](CC)C(=O)N[C@@H]([C@@H](C)CC)C(=O)N(C)CC(=O)N(C)[C@H]3C/C=C\CCN(C3=O)[C@@H](CC3CCC(C(F)(F)F)CC3)C(=O)N(C)CC(=O)N[C@@H](CCC3CCC(C(F)(F)F)C(Cl)C3)C(=O)N2C1. The van der Waals surface area contributed by atoms with Crippen LogP contribution in [-0.4, -0.2) is 282 Å². The van der Waals surface area contributed by atoms with E-state index < -0.39 is 209 Å². The summed E-state index contributed by atoms with van der Waals surface area (Å²) in [6.45, 7) is 9.06. The van der Waals surface area contributed by atoms with Crippen LogP contribution in [0, 0.1) is 40.9 Å². The minimum atomic E-state index is -4.57. The van der Waals surface area contributed by atoms with Gasteiger partial charge in [0.1, 0.15) is 53.9 Å². The van der Waals surface area contributed by atoms with Crippen molar-refractivity contribution in [3.8, 4) is 0 Å². The lowest BCUT2D eigenvalue weighted by Crippen LogP contribution is -2.71. The maximum atomic E-state index is 15.8. The zero-order chi connectivity index (χ0) is 79.7. The molecule has 0 aromatic carbocycles. The third-order valence-corrected chi connectivity index (χ3v) is 24.5. The van der Waals surface area contributed by atoms with Crippen LogP contribution in [0.15, 0.2) is 12.2 Å². The number of likely N-dealkylation sites (N-methyl/N-ethyl adjacent to an activating group) is 7. The van der Waals surface area contributed by atoms with Gasteiger partial charge in [-0.1, -0.05) is 66.0 Å². The quantitative estimate of drug-likeness (QED) is 0.105. The van der Waals surface area contributed by atoms with E-state index >= 15 is 28.8 Å². The first-order chi connectivity index (χ1) is 50.0. The molecule has 4 saturated carbocycles. The smallest absolute Gasteiger partial charge is 0.377 e. The Labute approximate surface area is 631 Å². The molecule has 107 heavy (non-hydrogen) atoms. The summed E-state index contributed by atoms with van der Waals surface area (Å²) >= 11 is 6.44. The molecule has 7 rings (SSSR count). The number of alkyl halides is 7. The summed E-state index contributed by atoms with van der Waals surface area (Å²) in [5.41, 5.74) is -2.26. The van der Waals surface area contributed by atoms with E-state index in [4.69, 9.17) is 16.3 Å². The van der Waals surface area contributed by atoms with Crippen molar-refractivity contribution in [2.24, 2.45) is 40.9 Å². The maximum absolute atomic E-state index is 15.8. The molecule has 604 valence electrons. The second-order valence-electron chi connectivity index (χ2n) is 32.5. The Morgan fingerprint density at radius 2 is 1.29 bits per heavy atom. The number of fused-ring (bicyclic) bond motifs is 3. The topological polar surface area (TPSA) is 279 Å². The third kappa shape index (κ3) is 21.2. The van der Waals surface area contributed by atoms with Crippen LogP contribution in [0.25, 0.3) is 0 Å². The predicted octanol–water partition coefficient (Wildman–Crippen LogP) is 6.67. The summed E-state index contributed by atoms with van der Waals surface area (Å²) in [4.78, 5) is 192. The zero-order valence-electron chi connectivity index (χ0n) is 65.0. The summed E-state index contributed by atoms with van der Waals surface area (Å²) in [5.74, 6) is -14.3. The van der Waals surface area contributed by atoms with Gasteiger partial charge in [-0.3, -0.25) is 57.5 Å². The van der Waals surface area contributed by atoms with Crippen molar-refractivity contribution in [1.29, 1.82) is 0 Å². The number of carbonyl (C=O) groups excluding carboxylic acids is 12. The Bertz CT molecular complexity index is 3230. The second kappa shape index (κ2) is 36.8. The van der Waals surface area contributed by atoms with E-state index in [1.165, 1.54) is 76.0 Å². The van der Waals surface area contributed by atoms with Crippen LogP contribution >= 0.6 is 11.6 Å². The Hall–Kier alpha value is -6.79. The molecule has 3 heterocycles. The van der Waals surface area contributed by atoms with Crippen molar-refractivity contribution >= 4 is 82.5 Å². The van der Waals surface area contributed by atoms with E-state index in [0.717, 1.165) is 24.5 Å². The van der Waals surface area contributed by atoms with E-state index in [1.54, 1.807) is 39.8 Å². The van der Waals surface area contributed by atoms with E-state index in [9.17, 15) is 55.1 Å². The molecule has 0 aromatic heterocycles. The fourth-order valence-electron chi connectivity index (χ4n) is 17.6. The molecule has 12 amide bonds. The van der Waals surface area contributed by atoms with E-state index in [0.29, 0.717) is 32.1 Å². The largest absolute Gasteiger partial charge is 0.393 e. The Kier molecular flexibility index (Phi) is 30.1. The molecule has 3 unspecified atom stereocenters. The first-order valence-corrected chi connectivity index (χ1v) is 38.8. The summed E-state index contributed by atoms with van der Waals surface area (Å²) in [5, 5.41) is 7.33. The highest BCUT2D eigenvalue weighted by atomic mass is 35.5. The van der Waals surface area contributed by atoms with E-state index in [1.807, 2.05) is 13.8 Å². The van der Waals surface area contributed by atoms with Gasteiger partial charge in [0, 0.05) is 87.9 Å². The number of hydrogen-bond acceptors (Lipinski definition) is 13. The summed E-state index contributed by atoms with van der Waals surface area (Å²) < 4.78 is 90.9. The minimum absolute atomic E-state index is 0.0119. The lowest BCUT2D eigenvalue weighted by molar-refractivity contribution is -0.184. The number of hydrogen-bond donors (Lipinski definition) is 3. The molecule has 2 saturated heterocycles. The minimum Gasteiger partial charge on any atom is -0.377 e. The predicted molar refractivity (Wildman–Crippen MR) is 386 cm³/mol. The summed E-state index contributed by atoms with van der Waals surface area (Å²) in [7, 11) is 11.1. The number of nitrogens with one attached hydrogen (secondary N) is 3. The fourth-order valence-corrected chi connectivity index (χ4v) is 18.2. The van der Waals surface area contributed by atoms with Gasteiger partial charge in [0.2, 0.25) is 70.9 Å². The van der Waals surface area contributed by atoms with Crippen LogP contribution in [0.1, 0.15) is 183 Å². The number of halogens is 7. The van der Waals surface area contributed by atoms with Crippen molar-refractivity contribution in [1.82, 2.24) is 60.0 Å². The van der Waals surface area contributed by atoms with Crippen LogP contribution in [0.4, 0.5) is 26.3 Å². The van der Waals surface area contributed by atoms with Crippen molar-refractivity contribution in [3.05, 3.63) is 12.2 Å². The third-order valence-electron chi connectivity index (χ3n) is 24.0. The van der Waals surface area contributed by atoms with Crippen molar-refractivity contribution in [2.45, 2.75) is 261 Å². The molecule has 3 aliphatic heterocycles. The van der Waals surface area contributed by atoms with Crippen molar-refractivity contribution in [2.75, 3.05) is 89.2 Å². The van der Waals surface area contributed by atoms with Crippen LogP contribution in [0.2, 0.25) is 0 Å². The summed E-state index contributed by atoms with van der Waals surface area (Å²) in [6, 6.07) is -10.9. The zero-order valence-corrected chi connectivity index (χ0v) is 65.7. The van der Waals surface area contributed by atoms with Gasteiger partial charge < -0.3 is 64.8 Å². The van der Waals surface area contributed by atoms with Gasteiger partial charge in [0.05, 0.1) is 37.5 Å². The van der Waals surface area contributed by atoms with Gasteiger partial charge in [-0.25, -0.2) is 0 Å². The van der Waals surface area contributed by atoms with Crippen LogP contribution in [0.3, 0.4) is 0 Å².